The summed E-state index contributed by atoms with van der Waals surface area (Å²) in [5, 5.41) is 20.3. The number of hydrogen-bond acceptors (Lipinski definition) is 6. The molecule has 0 radical (unpaired) electrons. The van der Waals surface area contributed by atoms with E-state index in [4.69, 9.17) is 14.2 Å². The molecule has 9 rings (SSSR count). The van der Waals surface area contributed by atoms with Gasteiger partial charge in [-0.05, 0) is 56.2 Å². The van der Waals surface area contributed by atoms with Crippen LogP contribution in [-0.2, 0) is 30.2 Å². The first kappa shape index (κ1) is 23.8. The molecule has 1 aliphatic carbocycles. The van der Waals surface area contributed by atoms with Crippen LogP contribution in [0.2, 0.25) is 0 Å². The number of aryl methyl sites for hydroxylation is 2. The number of nitriles is 1. The topological polar surface area (TPSA) is 112 Å². The highest BCUT2D eigenvalue weighted by Gasteiger charge is 2.55. The summed E-state index contributed by atoms with van der Waals surface area (Å²) in [5.41, 5.74) is 7.23. The molecule has 4 aromatic heterocycles. The van der Waals surface area contributed by atoms with E-state index < -0.39 is 12.4 Å². The van der Waals surface area contributed by atoms with Crippen molar-refractivity contribution in [2.24, 2.45) is 6.98 Å². The molecular weight excluding hydrogens is 562 g/mol. The van der Waals surface area contributed by atoms with Crippen LogP contribution in [-0.4, -0.2) is 66.0 Å². The molecule has 1 aromatic carbocycles. The predicted molar refractivity (Wildman–Crippen MR) is 173 cm³/mol. The molecule has 10 heteroatoms. The van der Waals surface area contributed by atoms with Crippen molar-refractivity contribution in [2.45, 2.75) is 75.3 Å². The third-order valence-electron chi connectivity index (χ3n) is 11.4. The third kappa shape index (κ3) is 3.59. The van der Waals surface area contributed by atoms with E-state index in [1.807, 2.05) is 37.6 Å². The van der Waals surface area contributed by atoms with Gasteiger partial charge in [0.05, 0.1) is 53.4 Å². The molecule has 4 aliphatic rings. The highest BCUT2D eigenvalue weighted by Crippen LogP contribution is 2.55. The molecule has 0 atom stereocenters. The van der Waals surface area contributed by atoms with Crippen molar-refractivity contribution in [2.75, 3.05) is 25.0 Å². The second-order valence-electron chi connectivity index (χ2n) is 13.5. The van der Waals surface area contributed by atoms with E-state index in [-0.39, 0.29) is 11.4 Å². The van der Waals surface area contributed by atoms with Gasteiger partial charge in [-0.3, -0.25) is 19.1 Å². The quantitative estimate of drug-likeness (QED) is 0.292. The lowest BCUT2D eigenvalue weighted by Gasteiger charge is -2.47. The molecule has 10 nitrogen and oxygen atoms in total. The van der Waals surface area contributed by atoms with Crippen molar-refractivity contribution in [3.05, 3.63) is 48.0 Å². The Morgan fingerprint density at radius 2 is 1.91 bits per heavy atom. The van der Waals surface area contributed by atoms with Crippen molar-refractivity contribution < 1.29 is 8.91 Å². The van der Waals surface area contributed by atoms with Gasteiger partial charge in [0.25, 0.3) is 0 Å². The number of benzene rings is 1. The Balaban J connectivity index is 1.26. The number of carbonyl (C=O) groups excluding carboxylic acids is 1. The van der Waals surface area contributed by atoms with Gasteiger partial charge in [-0.2, -0.15) is 15.5 Å². The number of H-pyrrole nitrogens is 1. The summed E-state index contributed by atoms with van der Waals surface area (Å²) in [6.07, 6.45) is 13.5. The second-order valence-corrected chi connectivity index (χ2v) is 13.5. The number of carbonyl (C=O) groups is 1. The molecule has 2 fully saturated rings. The lowest BCUT2D eigenvalue weighted by atomic mass is 9.71. The van der Waals surface area contributed by atoms with Gasteiger partial charge in [-0.25, -0.2) is 4.98 Å². The monoisotopic (exact) mass is 602 g/mol. The fourth-order valence-electron chi connectivity index (χ4n) is 9.18. The van der Waals surface area contributed by atoms with Crippen molar-refractivity contribution in [3.63, 3.8) is 0 Å². The largest absolute Gasteiger partial charge is 0.339 e. The van der Waals surface area contributed by atoms with Crippen molar-refractivity contribution in [1.29, 1.82) is 5.26 Å². The number of aromatic nitrogens is 6. The molecule has 1 spiro atoms. The summed E-state index contributed by atoms with van der Waals surface area (Å²) < 4.78 is 27.0. The number of anilines is 1. The highest BCUT2D eigenvalue weighted by molar-refractivity contribution is 6.16. The average molecular weight is 603 g/mol. The lowest BCUT2D eigenvalue weighted by Crippen LogP contribution is -2.55. The fraction of sp³-hybridized carbons (Fsp3) is 0.457. The number of nitrogens with one attached hydrogen (secondary N) is 1. The van der Waals surface area contributed by atoms with Gasteiger partial charge in [-0.1, -0.05) is 18.9 Å². The van der Waals surface area contributed by atoms with Gasteiger partial charge < -0.3 is 9.88 Å². The van der Waals surface area contributed by atoms with Gasteiger partial charge in [0, 0.05) is 76.5 Å². The summed E-state index contributed by atoms with van der Waals surface area (Å²) in [4.78, 5) is 27.4. The van der Waals surface area contributed by atoms with E-state index in [9.17, 15) is 10.1 Å². The average Bonchev–Trinajstić information content (AvgIpc) is 3.91. The number of hydrogen-bond donors (Lipinski definition) is 1. The minimum atomic E-state index is -2.39. The van der Waals surface area contributed by atoms with E-state index in [2.05, 4.69) is 25.7 Å². The summed E-state index contributed by atoms with van der Waals surface area (Å²) in [6, 6.07) is 8.26. The number of piperidine rings is 1. The van der Waals surface area contributed by atoms with Crippen LogP contribution in [0.25, 0.3) is 44.3 Å². The number of pyridine rings is 1. The normalized spacial score (nSPS) is 21.7. The van der Waals surface area contributed by atoms with Crippen LogP contribution in [0, 0.1) is 11.3 Å². The van der Waals surface area contributed by atoms with E-state index >= 15 is 0 Å². The first-order valence-corrected chi connectivity index (χ1v) is 16.1. The third-order valence-corrected chi connectivity index (χ3v) is 11.4. The smallest absolute Gasteiger partial charge is 0.237 e. The Morgan fingerprint density at radius 3 is 2.71 bits per heavy atom. The summed E-state index contributed by atoms with van der Waals surface area (Å²) >= 11 is 0. The molecular formula is C35H37N9O. The zero-order valence-electron chi connectivity index (χ0n) is 28.4. The Morgan fingerprint density at radius 1 is 1.07 bits per heavy atom. The minimum Gasteiger partial charge on any atom is -0.339 e. The van der Waals surface area contributed by atoms with Crippen molar-refractivity contribution in [1.82, 2.24) is 34.4 Å². The van der Waals surface area contributed by atoms with E-state index in [1.54, 1.807) is 11.1 Å². The number of nitrogens with zero attached hydrogens (tertiary/aromatic N) is 8. The molecule has 0 bridgehead atoms. The van der Waals surface area contributed by atoms with Crippen LogP contribution in [0.15, 0.2) is 36.8 Å². The van der Waals surface area contributed by atoms with Crippen LogP contribution in [0.1, 0.15) is 66.7 Å². The summed E-state index contributed by atoms with van der Waals surface area (Å²) in [5.74, 6) is 0.0988. The van der Waals surface area contributed by atoms with Gasteiger partial charge in [0.1, 0.15) is 5.65 Å². The molecule has 0 unspecified atom stereocenters. The molecule has 7 heterocycles. The van der Waals surface area contributed by atoms with E-state index in [0.717, 1.165) is 113 Å². The predicted octanol–water partition coefficient (Wildman–Crippen LogP) is 5.46. The Hall–Kier alpha value is -4.49. The Labute approximate surface area is 265 Å². The maximum atomic E-state index is 14.5. The number of likely N-dealkylation sites (N-methyl/N-ethyl adjacent to an activating group) is 1. The molecule has 5 aromatic rings. The van der Waals surface area contributed by atoms with Crippen molar-refractivity contribution >= 4 is 33.5 Å². The lowest BCUT2D eigenvalue weighted by molar-refractivity contribution is -0.125. The Bertz CT molecular complexity index is 2170. The first-order chi connectivity index (χ1) is 23.1. The number of rotatable bonds is 4. The second kappa shape index (κ2) is 9.51. The van der Waals surface area contributed by atoms with E-state index in [0.29, 0.717) is 24.8 Å². The zero-order valence-corrected chi connectivity index (χ0v) is 25.4. The van der Waals surface area contributed by atoms with Crippen LogP contribution >= 0.6 is 0 Å². The van der Waals surface area contributed by atoms with E-state index in [1.165, 1.54) is 5.69 Å². The molecule has 1 saturated carbocycles. The fourth-order valence-corrected chi connectivity index (χ4v) is 9.18. The molecule has 1 N–H and O–H groups in total. The molecule has 228 valence electrons. The molecule has 45 heavy (non-hydrogen) atoms. The molecule has 3 aliphatic heterocycles. The maximum absolute atomic E-state index is 14.5. The first-order valence-electron chi connectivity index (χ1n) is 17.6. The van der Waals surface area contributed by atoms with Crippen LogP contribution in [0.4, 0.5) is 5.69 Å². The van der Waals surface area contributed by atoms with Crippen molar-refractivity contribution in [3.8, 4) is 28.5 Å². The number of likely N-dealkylation sites (tertiary alicyclic amines) is 1. The van der Waals surface area contributed by atoms with Gasteiger partial charge >= 0.3 is 0 Å². The number of amides is 1. The van der Waals surface area contributed by atoms with Crippen LogP contribution in [0.3, 0.4) is 0 Å². The van der Waals surface area contributed by atoms with Gasteiger partial charge in [0.2, 0.25) is 5.91 Å². The number of fused-ring (bicyclic) bond motifs is 6. The highest BCUT2D eigenvalue weighted by atomic mass is 16.2. The van der Waals surface area contributed by atoms with Crippen LogP contribution in [0.5, 0.6) is 0 Å². The standard InChI is InChI=1S/C35H37N9O/c1-41-27-21-37-32-29(30(27)35(33(41)45)12-16-43(17-13-35)34(11-14-36)9-3-4-10-34)28(22-7-8-25-23(18-22)19-38-42(25)2)31(40-32)24-20-39-44-15-5-6-26(24)44/h7-8,18-21H,3-6,9-13,15-17H2,1-2H3,(H,37,40)/i2D3. The summed E-state index contributed by atoms with van der Waals surface area (Å²) in [7, 11) is 1.86. The SMILES string of the molecule is [2H]C([2H])([2H])n1ncc2cc(-c3c(-c4cnn5c4CCC5)[nH]c4ncc5c(c34)C3(CCN(C4(CC#N)CCCC4)CC3)C(=O)N5C)ccc21. The maximum Gasteiger partial charge on any atom is 0.237 e. The zero-order chi connectivity index (χ0) is 33.0. The summed E-state index contributed by atoms with van der Waals surface area (Å²) in [6.45, 7) is 0.00281. The van der Waals surface area contributed by atoms with Crippen LogP contribution < -0.4 is 4.90 Å². The Kier molecular flexibility index (Phi) is 5.03. The minimum absolute atomic E-state index is 0.0931. The molecule has 1 amide bonds. The molecule has 1 saturated heterocycles. The number of aromatic amines is 1. The van der Waals surface area contributed by atoms with Gasteiger partial charge in [-0.15, -0.1) is 0 Å². The van der Waals surface area contributed by atoms with Gasteiger partial charge in [0.15, 0.2) is 0 Å².